The monoisotopic (exact) mass is 1020 g/mol. The molecule has 2 rings (SSSR count). The van der Waals surface area contributed by atoms with E-state index in [0.29, 0.717) is 39.3 Å². The van der Waals surface area contributed by atoms with Crippen molar-refractivity contribution >= 4 is 11.9 Å². The largest absolute Gasteiger partial charge is 0.462 e. The van der Waals surface area contributed by atoms with Gasteiger partial charge in [-0.3, -0.25) is 9.59 Å². The molecule has 2 heterocycles. The first kappa shape index (κ1) is 66.9. The standard InChI is InChI=1S/C63H121NO8/c1-6-10-14-18-24-32-40-57(41-33-25-19-15-11-7-2)69-61(65)44-36-28-22-30-38-52-67-54-59-60(72-63(71-59)47-46-56-48-50-64(5)51-49-56)55-68-53-39-31-23-29-37-45-62(66)70-58(42-34-26-20-16-12-8-3)43-35-27-21-17-13-9-4/h56-60,63H,6-55H2,1-5H3. The molecule has 2 aliphatic rings. The number of carbonyl (C=O) groups is 2. The number of hydrogen-bond acceptors (Lipinski definition) is 9. The molecule has 0 spiro atoms. The topological polar surface area (TPSA) is 92.8 Å². The number of unbranched alkanes of at least 4 members (excludes halogenated alkanes) is 28. The Labute approximate surface area is 446 Å². The van der Waals surface area contributed by atoms with Gasteiger partial charge in [-0.2, -0.15) is 0 Å². The molecule has 2 saturated heterocycles. The molecule has 72 heavy (non-hydrogen) atoms. The molecule has 0 N–H and O–H groups in total. The lowest BCUT2D eigenvalue weighted by molar-refractivity contribution is -0.151. The van der Waals surface area contributed by atoms with E-state index in [1.165, 1.54) is 180 Å². The summed E-state index contributed by atoms with van der Waals surface area (Å²) in [4.78, 5) is 28.2. The molecule has 0 radical (unpaired) electrons. The lowest BCUT2D eigenvalue weighted by atomic mass is 9.92. The third-order valence-corrected chi connectivity index (χ3v) is 15.7. The van der Waals surface area contributed by atoms with E-state index in [2.05, 4.69) is 39.6 Å². The Bertz CT molecular complexity index is 1070. The zero-order chi connectivity index (χ0) is 51.8. The summed E-state index contributed by atoms with van der Waals surface area (Å²) in [6.45, 7) is 13.9. The zero-order valence-electron chi connectivity index (χ0n) is 48.5. The summed E-state index contributed by atoms with van der Waals surface area (Å²) in [6, 6.07) is 0. The number of piperidine rings is 1. The smallest absolute Gasteiger partial charge is 0.306 e. The van der Waals surface area contributed by atoms with Crippen LogP contribution < -0.4 is 0 Å². The Hall–Kier alpha value is -1.26. The van der Waals surface area contributed by atoms with Gasteiger partial charge in [0, 0.05) is 26.1 Å². The minimum Gasteiger partial charge on any atom is -0.462 e. The number of nitrogens with zero attached hydrogens (tertiary/aromatic N) is 1. The van der Waals surface area contributed by atoms with Gasteiger partial charge >= 0.3 is 11.9 Å². The highest BCUT2D eigenvalue weighted by Gasteiger charge is 2.36. The van der Waals surface area contributed by atoms with Gasteiger partial charge < -0.3 is 33.3 Å². The predicted molar refractivity (Wildman–Crippen MR) is 302 cm³/mol. The third kappa shape index (κ3) is 39.2. The Morgan fingerprint density at radius 3 is 1.11 bits per heavy atom. The fraction of sp³-hybridized carbons (Fsp3) is 0.968. The van der Waals surface area contributed by atoms with Crippen molar-refractivity contribution in [3.63, 3.8) is 0 Å². The van der Waals surface area contributed by atoms with Gasteiger partial charge in [-0.15, -0.1) is 0 Å². The van der Waals surface area contributed by atoms with E-state index in [-0.39, 0.29) is 42.6 Å². The van der Waals surface area contributed by atoms with Gasteiger partial charge in [-0.1, -0.05) is 195 Å². The zero-order valence-corrected chi connectivity index (χ0v) is 48.5. The Morgan fingerprint density at radius 1 is 0.431 bits per heavy atom. The van der Waals surface area contributed by atoms with Crippen molar-refractivity contribution in [1.82, 2.24) is 4.90 Å². The van der Waals surface area contributed by atoms with Crippen molar-refractivity contribution < 1.29 is 38.0 Å². The van der Waals surface area contributed by atoms with E-state index in [0.717, 1.165) is 109 Å². The fourth-order valence-electron chi connectivity index (χ4n) is 10.8. The number of likely N-dealkylation sites (tertiary alicyclic amines) is 1. The molecular weight excluding hydrogens is 899 g/mol. The van der Waals surface area contributed by atoms with E-state index in [1.54, 1.807) is 0 Å². The summed E-state index contributed by atoms with van der Waals surface area (Å²) in [6.07, 6.45) is 50.6. The van der Waals surface area contributed by atoms with Crippen LogP contribution in [0.1, 0.15) is 310 Å². The summed E-state index contributed by atoms with van der Waals surface area (Å²) in [5.41, 5.74) is 0. The first-order valence-corrected chi connectivity index (χ1v) is 31.9. The maximum absolute atomic E-state index is 12.9. The fourth-order valence-corrected chi connectivity index (χ4v) is 10.8. The van der Waals surface area contributed by atoms with Crippen LogP contribution in [0.15, 0.2) is 0 Å². The maximum atomic E-state index is 12.9. The molecule has 0 amide bonds. The SMILES string of the molecule is CCCCCCCCC(CCCCCCCC)OC(=O)CCCCCCCOCC1OC(CCC2CCN(C)CC2)OC1COCCCCCCCC(=O)OC(CCCCCCCC)CCCCCCCC. The van der Waals surface area contributed by atoms with Crippen LogP contribution in [-0.2, 0) is 38.0 Å². The van der Waals surface area contributed by atoms with Crippen LogP contribution in [0.4, 0.5) is 0 Å². The highest BCUT2D eigenvalue weighted by molar-refractivity contribution is 5.69. The lowest BCUT2D eigenvalue weighted by Gasteiger charge is -2.29. The number of rotatable bonds is 53. The lowest BCUT2D eigenvalue weighted by Crippen LogP contribution is -2.32. The van der Waals surface area contributed by atoms with Crippen LogP contribution in [-0.4, -0.2) is 94.1 Å². The second kappa shape index (κ2) is 49.3. The summed E-state index contributed by atoms with van der Waals surface area (Å²) >= 11 is 0. The molecule has 0 saturated carbocycles. The molecule has 9 heteroatoms. The summed E-state index contributed by atoms with van der Waals surface area (Å²) < 4.78 is 37.6. The summed E-state index contributed by atoms with van der Waals surface area (Å²) in [7, 11) is 2.22. The van der Waals surface area contributed by atoms with Crippen LogP contribution in [0.25, 0.3) is 0 Å². The van der Waals surface area contributed by atoms with Crippen LogP contribution in [0.3, 0.4) is 0 Å². The summed E-state index contributed by atoms with van der Waals surface area (Å²) in [5.74, 6) is 0.764. The molecule has 0 aromatic rings. The van der Waals surface area contributed by atoms with Gasteiger partial charge in [0.15, 0.2) is 6.29 Å². The molecule has 2 unspecified atom stereocenters. The normalized spacial score (nSPS) is 17.7. The second-order valence-electron chi connectivity index (χ2n) is 22.7. The maximum Gasteiger partial charge on any atom is 0.306 e. The van der Waals surface area contributed by atoms with Crippen LogP contribution in [0, 0.1) is 5.92 Å². The Balaban J connectivity index is 1.65. The van der Waals surface area contributed by atoms with Crippen molar-refractivity contribution in [3.05, 3.63) is 0 Å². The van der Waals surface area contributed by atoms with E-state index < -0.39 is 0 Å². The average molecular weight is 1020 g/mol. The minimum atomic E-state index is -0.187. The van der Waals surface area contributed by atoms with Crippen molar-refractivity contribution in [1.29, 1.82) is 0 Å². The molecule has 0 aromatic carbocycles. The van der Waals surface area contributed by atoms with Crippen molar-refractivity contribution in [2.45, 2.75) is 341 Å². The average Bonchev–Trinajstić information content (AvgIpc) is 3.77. The van der Waals surface area contributed by atoms with Crippen molar-refractivity contribution in [2.75, 3.05) is 46.6 Å². The predicted octanol–water partition coefficient (Wildman–Crippen LogP) is 17.8. The number of esters is 2. The molecule has 0 aromatic heterocycles. The van der Waals surface area contributed by atoms with Gasteiger partial charge in [-0.25, -0.2) is 0 Å². The molecule has 0 bridgehead atoms. The Morgan fingerprint density at radius 2 is 0.750 bits per heavy atom. The quantitative estimate of drug-likeness (QED) is 0.0436. The van der Waals surface area contributed by atoms with Gasteiger partial charge in [0.1, 0.15) is 24.4 Å². The molecule has 2 atom stereocenters. The summed E-state index contributed by atoms with van der Waals surface area (Å²) in [5, 5.41) is 0. The highest BCUT2D eigenvalue weighted by atomic mass is 16.7. The van der Waals surface area contributed by atoms with Gasteiger partial charge in [0.05, 0.1) is 13.2 Å². The first-order valence-electron chi connectivity index (χ1n) is 31.9. The van der Waals surface area contributed by atoms with Gasteiger partial charge in [0.25, 0.3) is 0 Å². The molecule has 2 fully saturated rings. The van der Waals surface area contributed by atoms with Crippen LogP contribution in [0.2, 0.25) is 0 Å². The number of carbonyl (C=O) groups excluding carboxylic acids is 2. The molecule has 9 nitrogen and oxygen atoms in total. The molecular formula is C63H121NO8. The molecule has 426 valence electrons. The minimum absolute atomic E-state index is 0.00790. The van der Waals surface area contributed by atoms with E-state index in [1.807, 2.05) is 0 Å². The molecule has 2 aliphatic heterocycles. The van der Waals surface area contributed by atoms with Crippen molar-refractivity contribution in [3.8, 4) is 0 Å². The Kier molecular flexibility index (Phi) is 45.8. The second-order valence-corrected chi connectivity index (χ2v) is 22.7. The number of hydrogen-bond donors (Lipinski definition) is 0. The van der Waals surface area contributed by atoms with Crippen LogP contribution in [0.5, 0.6) is 0 Å². The highest BCUT2D eigenvalue weighted by Crippen LogP contribution is 2.29. The molecule has 0 aliphatic carbocycles. The van der Waals surface area contributed by atoms with Gasteiger partial charge in [0.2, 0.25) is 0 Å². The number of ether oxygens (including phenoxy) is 6. The van der Waals surface area contributed by atoms with Crippen LogP contribution >= 0.6 is 0 Å². The van der Waals surface area contributed by atoms with Gasteiger partial charge in [-0.05, 0) is 129 Å². The van der Waals surface area contributed by atoms with E-state index >= 15 is 0 Å². The van der Waals surface area contributed by atoms with E-state index in [4.69, 9.17) is 28.4 Å². The first-order chi connectivity index (χ1) is 35.4. The van der Waals surface area contributed by atoms with Crippen molar-refractivity contribution in [2.24, 2.45) is 5.92 Å². The third-order valence-electron chi connectivity index (χ3n) is 15.7. The van der Waals surface area contributed by atoms with E-state index in [9.17, 15) is 9.59 Å².